The summed E-state index contributed by atoms with van der Waals surface area (Å²) in [4.78, 5) is 0. The zero-order valence-electron chi connectivity index (χ0n) is 12.4. The Hall–Kier alpha value is -1.06. The monoisotopic (exact) mass is 263 g/mol. The van der Waals surface area contributed by atoms with Gasteiger partial charge in [0.2, 0.25) is 0 Å². The van der Waals surface area contributed by atoms with Gasteiger partial charge in [0.05, 0.1) is 13.7 Å². The number of nitrogens with one attached hydrogen (secondary N) is 1. The van der Waals surface area contributed by atoms with E-state index in [2.05, 4.69) is 31.3 Å². The van der Waals surface area contributed by atoms with Crippen molar-refractivity contribution in [2.45, 2.75) is 32.9 Å². The average Bonchev–Trinajstić information content (AvgIpc) is 3.12. The summed E-state index contributed by atoms with van der Waals surface area (Å²) < 4.78 is 10.6. The van der Waals surface area contributed by atoms with Gasteiger partial charge >= 0.3 is 0 Å². The highest BCUT2D eigenvalue weighted by Gasteiger charge is 2.32. The van der Waals surface area contributed by atoms with E-state index in [1.165, 1.54) is 12.0 Å². The Morgan fingerprint density at radius 1 is 1.37 bits per heavy atom. The predicted molar refractivity (Wildman–Crippen MR) is 77.4 cm³/mol. The van der Waals surface area contributed by atoms with Crippen LogP contribution in [0.3, 0.4) is 0 Å². The molecule has 1 N–H and O–H groups in total. The van der Waals surface area contributed by atoms with Crippen LogP contribution in [0.25, 0.3) is 0 Å². The fourth-order valence-corrected chi connectivity index (χ4v) is 2.47. The van der Waals surface area contributed by atoms with Crippen molar-refractivity contribution in [1.82, 2.24) is 5.32 Å². The number of methoxy groups -OCH3 is 2. The highest BCUT2D eigenvalue weighted by molar-refractivity contribution is 5.38. The first kappa shape index (κ1) is 14.4. The molecular weight excluding hydrogens is 238 g/mol. The van der Waals surface area contributed by atoms with Crippen LogP contribution in [0.4, 0.5) is 0 Å². The Morgan fingerprint density at radius 3 is 2.68 bits per heavy atom. The number of hydrogen-bond donors (Lipinski definition) is 1. The third kappa shape index (κ3) is 3.71. The second-order valence-electron chi connectivity index (χ2n) is 5.61. The van der Waals surface area contributed by atoms with Gasteiger partial charge in [0.15, 0.2) is 0 Å². The lowest BCUT2D eigenvalue weighted by molar-refractivity contribution is 0.181. The van der Waals surface area contributed by atoms with Crippen LogP contribution in [0.2, 0.25) is 0 Å². The van der Waals surface area contributed by atoms with E-state index in [0.717, 1.165) is 29.7 Å². The molecule has 3 unspecified atom stereocenters. The molecular formula is C16H25NO2. The standard InChI is InChI=1S/C16H25NO2/c1-11-7-14(11)9-17-12(2)13-5-6-16(19-4)15(8-13)10-18-3/h5-6,8,11-12,14,17H,7,9-10H2,1-4H3. The van der Waals surface area contributed by atoms with Crippen molar-refractivity contribution in [3.05, 3.63) is 29.3 Å². The van der Waals surface area contributed by atoms with E-state index >= 15 is 0 Å². The molecule has 1 aromatic rings. The Labute approximate surface area is 116 Å². The summed E-state index contributed by atoms with van der Waals surface area (Å²) in [6.07, 6.45) is 1.37. The summed E-state index contributed by atoms with van der Waals surface area (Å²) in [6, 6.07) is 6.71. The molecule has 19 heavy (non-hydrogen) atoms. The summed E-state index contributed by atoms with van der Waals surface area (Å²) in [5.74, 6) is 2.67. The highest BCUT2D eigenvalue weighted by atomic mass is 16.5. The van der Waals surface area contributed by atoms with Gasteiger partial charge in [-0.2, -0.15) is 0 Å². The van der Waals surface area contributed by atoms with Crippen LogP contribution < -0.4 is 10.1 Å². The minimum atomic E-state index is 0.370. The lowest BCUT2D eigenvalue weighted by Crippen LogP contribution is -2.21. The maximum absolute atomic E-state index is 5.35. The third-order valence-corrected chi connectivity index (χ3v) is 4.07. The smallest absolute Gasteiger partial charge is 0.124 e. The van der Waals surface area contributed by atoms with Crippen molar-refractivity contribution in [3.63, 3.8) is 0 Å². The van der Waals surface area contributed by atoms with E-state index in [4.69, 9.17) is 9.47 Å². The summed E-state index contributed by atoms with van der Waals surface area (Å²) >= 11 is 0. The van der Waals surface area contributed by atoms with Gasteiger partial charge in [-0.05, 0) is 49.4 Å². The molecule has 3 atom stereocenters. The number of benzene rings is 1. The summed E-state index contributed by atoms with van der Waals surface area (Å²) in [6.45, 7) is 6.24. The Bertz CT molecular complexity index is 419. The van der Waals surface area contributed by atoms with Crippen LogP contribution in [0.5, 0.6) is 5.75 Å². The first-order chi connectivity index (χ1) is 9.15. The molecule has 0 saturated heterocycles. The molecule has 1 aliphatic rings. The van der Waals surface area contributed by atoms with E-state index in [9.17, 15) is 0 Å². The molecule has 106 valence electrons. The molecule has 2 rings (SSSR count). The number of ether oxygens (including phenoxy) is 2. The molecule has 0 aromatic heterocycles. The lowest BCUT2D eigenvalue weighted by Gasteiger charge is -2.17. The predicted octanol–water partition coefficient (Wildman–Crippen LogP) is 3.15. The molecule has 3 heteroatoms. The molecule has 0 heterocycles. The van der Waals surface area contributed by atoms with Crippen molar-refractivity contribution >= 4 is 0 Å². The van der Waals surface area contributed by atoms with Crippen molar-refractivity contribution in [1.29, 1.82) is 0 Å². The van der Waals surface area contributed by atoms with Gasteiger partial charge in [0, 0.05) is 18.7 Å². The summed E-state index contributed by atoms with van der Waals surface area (Å²) in [5, 5.41) is 3.62. The van der Waals surface area contributed by atoms with Crippen LogP contribution >= 0.6 is 0 Å². The van der Waals surface area contributed by atoms with Crippen LogP contribution in [-0.4, -0.2) is 20.8 Å². The largest absolute Gasteiger partial charge is 0.496 e. The molecule has 1 saturated carbocycles. The highest BCUT2D eigenvalue weighted by Crippen LogP contribution is 2.37. The minimum absolute atomic E-state index is 0.370. The topological polar surface area (TPSA) is 30.5 Å². The summed E-state index contributed by atoms with van der Waals surface area (Å²) in [5.41, 5.74) is 2.40. The van der Waals surface area contributed by atoms with E-state index in [1.807, 2.05) is 6.07 Å². The number of hydrogen-bond acceptors (Lipinski definition) is 3. The maximum atomic E-state index is 5.35. The molecule has 0 radical (unpaired) electrons. The molecule has 0 amide bonds. The van der Waals surface area contributed by atoms with Crippen molar-refractivity contribution < 1.29 is 9.47 Å². The normalized spacial score (nSPS) is 23.2. The zero-order valence-corrected chi connectivity index (χ0v) is 12.4. The molecule has 0 spiro atoms. The maximum Gasteiger partial charge on any atom is 0.124 e. The molecule has 3 nitrogen and oxygen atoms in total. The van der Waals surface area contributed by atoms with Crippen LogP contribution in [0.1, 0.15) is 37.4 Å². The van der Waals surface area contributed by atoms with Crippen molar-refractivity contribution in [3.8, 4) is 5.75 Å². The van der Waals surface area contributed by atoms with E-state index < -0.39 is 0 Å². The lowest BCUT2D eigenvalue weighted by atomic mass is 10.0. The van der Waals surface area contributed by atoms with Crippen LogP contribution in [0.15, 0.2) is 18.2 Å². The number of rotatable bonds is 7. The molecule has 0 aliphatic heterocycles. The van der Waals surface area contributed by atoms with Gasteiger partial charge in [-0.15, -0.1) is 0 Å². The van der Waals surface area contributed by atoms with Crippen molar-refractivity contribution in [2.24, 2.45) is 11.8 Å². The van der Waals surface area contributed by atoms with Gasteiger partial charge in [-0.1, -0.05) is 13.0 Å². The van der Waals surface area contributed by atoms with Crippen molar-refractivity contribution in [2.75, 3.05) is 20.8 Å². The Balaban J connectivity index is 1.99. The minimum Gasteiger partial charge on any atom is -0.496 e. The van der Waals surface area contributed by atoms with E-state index in [1.54, 1.807) is 14.2 Å². The quantitative estimate of drug-likeness (QED) is 0.819. The Morgan fingerprint density at radius 2 is 2.11 bits per heavy atom. The van der Waals surface area contributed by atoms with Gasteiger partial charge < -0.3 is 14.8 Å². The second kappa shape index (κ2) is 6.40. The molecule has 1 fully saturated rings. The van der Waals surface area contributed by atoms with Gasteiger partial charge in [0.1, 0.15) is 5.75 Å². The molecule has 1 aliphatic carbocycles. The van der Waals surface area contributed by atoms with E-state index in [-0.39, 0.29) is 0 Å². The van der Waals surface area contributed by atoms with Gasteiger partial charge in [-0.3, -0.25) is 0 Å². The third-order valence-electron chi connectivity index (χ3n) is 4.07. The molecule has 1 aromatic carbocycles. The molecule has 0 bridgehead atoms. The van der Waals surface area contributed by atoms with Crippen LogP contribution in [-0.2, 0) is 11.3 Å². The fraction of sp³-hybridized carbons (Fsp3) is 0.625. The zero-order chi connectivity index (χ0) is 13.8. The van der Waals surface area contributed by atoms with Gasteiger partial charge in [-0.25, -0.2) is 0 Å². The second-order valence-corrected chi connectivity index (χ2v) is 5.61. The van der Waals surface area contributed by atoms with E-state index in [0.29, 0.717) is 12.6 Å². The first-order valence-corrected chi connectivity index (χ1v) is 7.04. The Kier molecular flexibility index (Phi) is 4.83. The fourth-order valence-electron chi connectivity index (χ4n) is 2.47. The average molecular weight is 263 g/mol. The first-order valence-electron chi connectivity index (χ1n) is 7.04. The SMILES string of the molecule is COCc1cc(C(C)NCC2CC2C)ccc1OC. The van der Waals surface area contributed by atoms with Crippen LogP contribution in [0, 0.1) is 11.8 Å². The van der Waals surface area contributed by atoms with Gasteiger partial charge in [0.25, 0.3) is 0 Å². The summed E-state index contributed by atoms with van der Waals surface area (Å²) in [7, 11) is 3.41.